The lowest BCUT2D eigenvalue weighted by Crippen LogP contribution is -2.25. The average Bonchev–Trinajstić information content (AvgIpc) is 3.11. The summed E-state index contributed by atoms with van der Waals surface area (Å²) in [6.07, 6.45) is 4.70. The van der Waals surface area contributed by atoms with Crippen molar-refractivity contribution in [3.8, 4) is 0 Å². The van der Waals surface area contributed by atoms with E-state index in [1.165, 1.54) is 10.4 Å². The Morgan fingerprint density at radius 3 is 3.08 bits per heavy atom. The Kier molecular flexibility index (Phi) is 4.24. The van der Waals surface area contributed by atoms with E-state index in [0.29, 0.717) is 6.54 Å². The van der Waals surface area contributed by atoms with E-state index in [0.717, 1.165) is 58.1 Å². The lowest BCUT2D eigenvalue weighted by molar-refractivity contribution is 0.656. The molecule has 0 amide bonds. The van der Waals surface area contributed by atoms with Crippen LogP contribution in [0.5, 0.6) is 0 Å². The van der Waals surface area contributed by atoms with E-state index in [1.807, 2.05) is 6.92 Å². The van der Waals surface area contributed by atoms with Gasteiger partial charge in [-0.2, -0.15) is 0 Å². The molecule has 0 saturated carbocycles. The molecule has 0 unspecified atom stereocenters. The SMILES string of the molecule is CCCc1nc(C)c(Cn2cnc3sc4c(c3c2=O)CCNC4)s1. The fourth-order valence-corrected chi connectivity index (χ4v) is 5.49. The highest BCUT2D eigenvalue weighted by Gasteiger charge is 2.20. The third-order valence-electron chi connectivity index (χ3n) is 4.41. The Labute approximate surface area is 148 Å². The Balaban J connectivity index is 1.75. The number of rotatable bonds is 4. The van der Waals surface area contributed by atoms with Gasteiger partial charge in [0.15, 0.2) is 0 Å². The lowest BCUT2D eigenvalue weighted by Gasteiger charge is -2.12. The third kappa shape index (κ3) is 2.70. The molecule has 4 rings (SSSR count). The zero-order chi connectivity index (χ0) is 16.7. The van der Waals surface area contributed by atoms with Gasteiger partial charge >= 0.3 is 0 Å². The van der Waals surface area contributed by atoms with Gasteiger partial charge in [-0.3, -0.25) is 9.36 Å². The second kappa shape index (κ2) is 6.38. The van der Waals surface area contributed by atoms with Crippen LogP contribution in [0.3, 0.4) is 0 Å². The number of hydrogen-bond donors (Lipinski definition) is 1. The maximum Gasteiger partial charge on any atom is 0.262 e. The summed E-state index contributed by atoms with van der Waals surface area (Å²) >= 11 is 3.36. The summed E-state index contributed by atoms with van der Waals surface area (Å²) in [5, 5.41) is 5.35. The highest BCUT2D eigenvalue weighted by atomic mass is 32.1. The fourth-order valence-electron chi connectivity index (χ4n) is 3.17. The maximum absolute atomic E-state index is 13.0. The number of fused-ring (bicyclic) bond motifs is 3. The quantitative estimate of drug-likeness (QED) is 0.777. The molecule has 0 radical (unpaired) electrons. The van der Waals surface area contributed by atoms with Crippen molar-refractivity contribution in [2.45, 2.75) is 46.2 Å². The first-order valence-electron chi connectivity index (χ1n) is 8.33. The molecule has 0 aromatic carbocycles. The number of hydrogen-bond acceptors (Lipinski definition) is 6. The molecule has 1 aliphatic heterocycles. The van der Waals surface area contributed by atoms with Crippen molar-refractivity contribution in [2.75, 3.05) is 6.54 Å². The van der Waals surface area contributed by atoms with Gasteiger partial charge in [0.25, 0.3) is 5.56 Å². The Bertz CT molecular complexity index is 954. The van der Waals surface area contributed by atoms with Crippen LogP contribution in [0.1, 0.15) is 39.4 Å². The second-order valence-corrected chi connectivity index (χ2v) is 8.41. The van der Waals surface area contributed by atoms with Crippen molar-refractivity contribution in [1.82, 2.24) is 19.9 Å². The molecule has 3 aromatic rings. The molecule has 0 fully saturated rings. The molecule has 0 aliphatic carbocycles. The maximum atomic E-state index is 13.0. The molecule has 0 saturated heterocycles. The Morgan fingerprint density at radius 1 is 1.38 bits per heavy atom. The van der Waals surface area contributed by atoms with Crippen molar-refractivity contribution < 1.29 is 0 Å². The van der Waals surface area contributed by atoms with Crippen LogP contribution in [0, 0.1) is 6.92 Å². The number of aryl methyl sites for hydroxylation is 2. The van der Waals surface area contributed by atoms with Crippen LogP contribution in [-0.2, 0) is 25.9 Å². The summed E-state index contributed by atoms with van der Waals surface area (Å²) < 4.78 is 1.74. The molecule has 126 valence electrons. The highest BCUT2D eigenvalue weighted by molar-refractivity contribution is 7.18. The van der Waals surface area contributed by atoms with Crippen molar-refractivity contribution in [3.63, 3.8) is 0 Å². The summed E-state index contributed by atoms with van der Waals surface area (Å²) in [5.74, 6) is 0. The number of thiophene rings is 1. The Morgan fingerprint density at radius 2 is 2.25 bits per heavy atom. The van der Waals surface area contributed by atoms with Crippen LogP contribution >= 0.6 is 22.7 Å². The highest BCUT2D eigenvalue weighted by Crippen LogP contribution is 2.30. The zero-order valence-corrected chi connectivity index (χ0v) is 15.5. The van der Waals surface area contributed by atoms with Gasteiger partial charge in [-0.15, -0.1) is 22.7 Å². The van der Waals surface area contributed by atoms with Gasteiger partial charge in [0.05, 0.1) is 29.0 Å². The lowest BCUT2D eigenvalue weighted by atomic mass is 10.1. The van der Waals surface area contributed by atoms with E-state index in [9.17, 15) is 4.79 Å². The predicted octanol–water partition coefficient (Wildman–Crippen LogP) is 2.87. The van der Waals surface area contributed by atoms with Gasteiger partial charge in [-0.1, -0.05) is 6.92 Å². The minimum atomic E-state index is 0.0873. The summed E-state index contributed by atoms with van der Waals surface area (Å²) in [4.78, 5) is 25.5. The van der Waals surface area contributed by atoms with Gasteiger partial charge in [0.2, 0.25) is 0 Å². The molecule has 24 heavy (non-hydrogen) atoms. The topological polar surface area (TPSA) is 59.8 Å². The molecule has 0 bridgehead atoms. The molecular weight excluding hydrogens is 340 g/mol. The number of thiazole rings is 1. The van der Waals surface area contributed by atoms with Gasteiger partial charge in [-0.05, 0) is 38.3 Å². The number of nitrogens with one attached hydrogen (secondary N) is 1. The largest absolute Gasteiger partial charge is 0.312 e. The number of aromatic nitrogens is 3. The van der Waals surface area contributed by atoms with Crippen LogP contribution < -0.4 is 10.9 Å². The van der Waals surface area contributed by atoms with E-state index >= 15 is 0 Å². The van der Waals surface area contributed by atoms with Crippen LogP contribution in [0.25, 0.3) is 10.2 Å². The zero-order valence-electron chi connectivity index (χ0n) is 13.9. The molecule has 4 heterocycles. The molecule has 1 N–H and O–H groups in total. The first-order valence-corrected chi connectivity index (χ1v) is 9.96. The van der Waals surface area contributed by atoms with Crippen molar-refractivity contribution in [3.05, 3.63) is 42.7 Å². The molecule has 5 nitrogen and oxygen atoms in total. The van der Waals surface area contributed by atoms with Crippen molar-refractivity contribution in [1.29, 1.82) is 0 Å². The fraction of sp³-hybridized carbons (Fsp3) is 0.471. The molecule has 7 heteroatoms. The summed E-state index contributed by atoms with van der Waals surface area (Å²) in [5.41, 5.74) is 2.32. The van der Waals surface area contributed by atoms with Gasteiger partial charge in [0.1, 0.15) is 4.83 Å². The molecular formula is C17H20N4OS2. The first kappa shape index (κ1) is 15.9. The van der Waals surface area contributed by atoms with Crippen molar-refractivity contribution >= 4 is 32.9 Å². The average molecular weight is 361 g/mol. The minimum absolute atomic E-state index is 0.0873. The summed E-state index contributed by atoms with van der Waals surface area (Å²) in [6, 6.07) is 0. The van der Waals surface area contributed by atoms with Crippen molar-refractivity contribution in [2.24, 2.45) is 0 Å². The van der Waals surface area contributed by atoms with Gasteiger partial charge in [0, 0.05) is 16.3 Å². The van der Waals surface area contributed by atoms with E-state index in [1.54, 1.807) is 33.6 Å². The molecule has 0 spiro atoms. The first-order chi connectivity index (χ1) is 11.7. The predicted molar refractivity (Wildman–Crippen MR) is 99.2 cm³/mol. The third-order valence-corrected chi connectivity index (χ3v) is 6.76. The summed E-state index contributed by atoms with van der Waals surface area (Å²) in [6.45, 7) is 6.54. The normalized spacial score (nSPS) is 14.2. The van der Waals surface area contributed by atoms with Crippen LogP contribution in [-0.4, -0.2) is 21.1 Å². The van der Waals surface area contributed by atoms with E-state index in [-0.39, 0.29) is 5.56 Å². The smallest absolute Gasteiger partial charge is 0.262 e. The van der Waals surface area contributed by atoms with Gasteiger partial charge < -0.3 is 5.32 Å². The molecule has 1 aliphatic rings. The Hall–Kier alpha value is -1.57. The summed E-state index contributed by atoms with van der Waals surface area (Å²) in [7, 11) is 0. The van der Waals surface area contributed by atoms with Crippen LogP contribution in [0.4, 0.5) is 0 Å². The molecule has 3 aromatic heterocycles. The standard InChI is InChI=1S/C17H20N4OS2/c1-3-4-14-20-10(2)13(23-14)8-21-9-19-16-15(17(21)22)11-5-6-18-7-12(11)24-16/h9,18H,3-8H2,1-2H3. The van der Waals surface area contributed by atoms with E-state index in [2.05, 4.69) is 22.2 Å². The van der Waals surface area contributed by atoms with Crippen LogP contribution in [0.15, 0.2) is 11.1 Å². The van der Waals surface area contributed by atoms with E-state index < -0.39 is 0 Å². The number of nitrogens with zero attached hydrogens (tertiary/aromatic N) is 3. The van der Waals surface area contributed by atoms with Crippen LogP contribution in [0.2, 0.25) is 0 Å². The van der Waals surface area contributed by atoms with Gasteiger partial charge in [-0.25, -0.2) is 9.97 Å². The van der Waals surface area contributed by atoms with E-state index in [4.69, 9.17) is 0 Å². The molecule has 0 atom stereocenters. The monoisotopic (exact) mass is 360 g/mol. The minimum Gasteiger partial charge on any atom is -0.312 e. The second-order valence-electron chi connectivity index (χ2n) is 6.15.